The lowest BCUT2D eigenvalue weighted by Gasteiger charge is -2.28. The van der Waals surface area contributed by atoms with Crippen molar-refractivity contribution in [3.63, 3.8) is 0 Å². The molecule has 280 valence electrons. The lowest BCUT2D eigenvalue weighted by molar-refractivity contribution is 0.908. The zero-order valence-corrected chi connectivity index (χ0v) is 34.3. The second kappa shape index (κ2) is 18.0. The van der Waals surface area contributed by atoms with E-state index in [-0.39, 0.29) is 5.37 Å². The Labute approximate surface area is 354 Å². The minimum Gasteiger partial charge on any atom is -0.312 e. The van der Waals surface area contributed by atoms with Gasteiger partial charge in [0, 0.05) is 14.7 Å². The van der Waals surface area contributed by atoms with Crippen molar-refractivity contribution in [3.8, 4) is 0 Å². The molecule has 8 aromatic rings. The van der Waals surface area contributed by atoms with Crippen molar-refractivity contribution in [1.82, 2.24) is 0 Å². The van der Waals surface area contributed by atoms with E-state index in [0.717, 1.165) is 6.42 Å². The van der Waals surface area contributed by atoms with Crippen LogP contribution in [-0.4, -0.2) is 5.37 Å². The first-order valence-electron chi connectivity index (χ1n) is 19.6. The van der Waals surface area contributed by atoms with E-state index in [9.17, 15) is 0 Å². The van der Waals surface area contributed by atoms with Crippen molar-refractivity contribution in [1.29, 1.82) is 0 Å². The summed E-state index contributed by atoms with van der Waals surface area (Å²) in [6.07, 6.45) is 10.4. The quantitative estimate of drug-likeness (QED) is 0.121. The highest BCUT2D eigenvalue weighted by Gasteiger charge is 2.28. The van der Waals surface area contributed by atoms with E-state index in [4.69, 9.17) is 0 Å². The highest BCUT2D eigenvalue weighted by atomic mass is 32.2. The molecule has 1 aliphatic rings. The Kier molecular flexibility index (Phi) is 11.6. The third-order valence-corrected chi connectivity index (χ3v) is 13.4. The molecule has 1 unspecified atom stereocenters. The maximum Gasteiger partial charge on any atom is 0.0975 e. The van der Waals surface area contributed by atoms with Gasteiger partial charge in [-0.15, -0.1) is 34.4 Å². The summed E-state index contributed by atoms with van der Waals surface area (Å²) in [5.41, 5.74) is 11.0. The molecule has 0 spiro atoms. The fraction of sp³-hybridized carbons (Fsp3) is 0.0370. The topological polar surface area (TPSA) is 3.24 Å². The zero-order valence-electron chi connectivity index (χ0n) is 31.9. The maximum absolute atomic E-state index is 2.58. The van der Waals surface area contributed by atoms with Crippen molar-refractivity contribution in [2.75, 3.05) is 4.90 Å². The van der Waals surface area contributed by atoms with Crippen LogP contribution in [0.1, 0.15) is 49.6 Å². The maximum atomic E-state index is 2.58. The Bertz CT molecular complexity index is 2430. The first-order valence-corrected chi connectivity index (χ1v) is 22.1. The average Bonchev–Trinajstić information content (AvgIpc) is 4.09. The van der Waals surface area contributed by atoms with Gasteiger partial charge in [0.1, 0.15) is 0 Å². The number of rotatable bonds is 12. The minimum atomic E-state index is 0.190. The van der Waals surface area contributed by atoms with Crippen LogP contribution in [0.25, 0.3) is 28.9 Å². The summed E-state index contributed by atoms with van der Waals surface area (Å²) in [7, 11) is 0. The molecule has 0 bridgehead atoms. The van der Waals surface area contributed by atoms with Crippen LogP contribution in [0.5, 0.6) is 0 Å². The van der Waals surface area contributed by atoms with Gasteiger partial charge in [0.25, 0.3) is 0 Å². The normalized spacial score (nSPS) is 13.3. The molecular formula is C54H41NS3. The first kappa shape index (κ1) is 37.4. The van der Waals surface area contributed by atoms with Gasteiger partial charge in [-0.2, -0.15) is 0 Å². The molecule has 0 fully saturated rings. The van der Waals surface area contributed by atoms with Crippen molar-refractivity contribution in [2.24, 2.45) is 0 Å². The van der Waals surface area contributed by atoms with Gasteiger partial charge in [-0.05, 0) is 99.0 Å². The summed E-state index contributed by atoms with van der Waals surface area (Å²) >= 11 is 5.66. The number of benzene rings is 6. The van der Waals surface area contributed by atoms with Crippen LogP contribution in [-0.2, 0) is 0 Å². The Morgan fingerprint density at radius 3 is 1.02 bits per heavy atom. The molecule has 1 nitrogen and oxygen atoms in total. The van der Waals surface area contributed by atoms with Crippen LogP contribution in [0.15, 0.2) is 223 Å². The predicted molar refractivity (Wildman–Crippen MR) is 255 cm³/mol. The Morgan fingerprint density at radius 2 is 0.690 bits per heavy atom. The van der Waals surface area contributed by atoms with E-state index >= 15 is 0 Å². The van der Waals surface area contributed by atoms with E-state index in [2.05, 4.69) is 235 Å². The fourth-order valence-electron chi connectivity index (χ4n) is 7.35. The highest BCUT2D eigenvalue weighted by Crippen LogP contribution is 2.47. The fourth-order valence-corrected chi connectivity index (χ4v) is 10.8. The summed E-state index contributed by atoms with van der Waals surface area (Å²) in [4.78, 5) is 6.31. The molecule has 0 N–H and O–H groups in total. The molecule has 0 saturated carbocycles. The molecule has 0 saturated heterocycles. The number of hydrogen-bond donors (Lipinski definition) is 0. The van der Waals surface area contributed by atoms with Crippen LogP contribution in [0.4, 0.5) is 10.0 Å². The number of thioether (sulfide) groups is 1. The van der Waals surface area contributed by atoms with Gasteiger partial charge < -0.3 is 4.90 Å². The molecule has 4 heteroatoms. The van der Waals surface area contributed by atoms with E-state index in [1.165, 1.54) is 74.8 Å². The van der Waals surface area contributed by atoms with Gasteiger partial charge in [-0.3, -0.25) is 0 Å². The average molecular weight is 800 g/mol. The zero-order chi connectivity index (χ0) is 38.9. The molecule has 1 aliphatic heterocycles. The molecule has 58 heavy (non-hydrogen) atoms. The second-order valence-electron chi connectivity index (χ2n) is 14.0. The molecule has 1 atom stereocenters. The van der Waals surface area contributed by atoms with Crippen LogP contribution in [0, 0.1) is 0 Å². The molecule has 2 aromatic heterocycles. The standard InChI is InChI=1S/C54H41NS3/c1-7-19-40(20-8-1)49(41-21-9-2-10-22-41)37-46-31-34-52(56-46)55(53-35-32-47(57-53)38-50(42-23-11-3-12-24-42)43-25-13-4-14-26-43)54-36-33-48(58-54)39-51(44-27-15-5-16-28-44)45-29-17-6-18-30-45/h1-35,37-39,54H,36H2. The lowest BCUT2D eigenvalue weighted by atomic mass is 9.97. The third kappa shape index (κ3) is 8.70. The van der Waals surface area contributed by atoms with Gasteiger partial charge in [-0.1, -0.05) is 188 Å². The summed E-state index contributed by atoms with van der Waals surface area (Å²) in [5.74, 6) is 0. The van der Waals surface area contributed by atoms with Gasteiger partial charge in [0.05, 0.1) is 15.4 Å². The van der Waals surface area contributed by atoms with Gasteiger partial charge in [-0.25, -0.2) is 0 Å². The van der Waals surface area contributed by atoms with E-state index < -0.39 is 0 Å². The van der Waals surface area contributed by atoms with Crippen molar-refractivity contribution in [2.45, 2.75) is 11.8 Å². The Morgan fingerprint density at radius 1 is 0.379 bits per heavy atom. The first-order chi connectivity index (χ1) is 28.7. The van der Waals surface area contributed by atoms with Crippen molar-refractivity contribution >= 4 is 73.3 Å². The SMILES string of the molecule is C1=C(C=C(c2ccccc2)c2ccccc2)SC(N(c2ccc(C=C(c3ccccc3)c3ccccc3)s2)c2ccc(C=C(c3ccccc3)c3ccccc3)s2)C1. The van der Waals surface area contributed by atoms with Crippen LogP contribution in [0.3, 0.4) is 0 Å². The third-order valence-electron chi connectivity index (χ3n) is 10.1. The number of hydrogen-bond acceptors (Lipinski definition) is 4. The van der Waals surface area contributed by atoms with Crippen LogP contribution in [0.2, 0.25) is 0 Å². The van der Waals surface area contributed by atoms with Crippen LogP contribution >= 0.6 is 34.4 Å². The van der Waals surface area contributed by atoms with E-state index in [0.29, 0.717) is 0 Å². The number of thiophene rings is 2. The summed E-state index contributed by atoms with van der Waals surface area (Å²) < 4.78 is 0. The van der Waals surface area contributed by atoms with Gasteiger partial charge in [0.15, 0.2) is 0 Å². The number of allylic oxidation sites excluding steroid dienone is 1. The molecule has 3 heterocycles. The Balaban J connectivity index is 1.10. The van der Waals surface area contributed by atoms with Crippen LogP contribution < -0.4 is 4.90 Å². The van der Waals surface area contributed by atoms with Crippen molar-refractivity contribution < 1.29 is 0 Å². The van der Waals surface area contributed by atoms with E-state index in [1.807, 2.05) is 34.4 Å². The molecule has 0 amide bonds. The number of anilines is 2. The molecular weight excluding hydrogens is 759 g/mol. The molecule has 0 radical (unpaired) electrons. The molecule has 0 aliphatic carbocycles. The smallest absolute Gasteiger partial charge is 0.0975 e. The second-order valence-corrected chi connectivity index (χ2v) is 17.4. The summed E-state index contributed by atoms with van der Waals surface area (Å²) in [6, 6.07) is 73.6. The Hall–Kier alpha value is -6.17. The lowest BCUT2D eigenvalue weighted by Crippen LogP contribution is -2.24. The van der Waals surface area contributed by atoms with Gasteiger partial charge >= 0.3 is 0 Å². The van der Waals surface area contributed by atoms with Gasteiger partial charge in [0.2, 0.25) is 0 Å². The minimum absolute atomic E-state index is 0.190. The summed E-state index contributed by atoms with van der Waals surface area (Å²) in [5, 5.41) is 2.66. The van der Waals surface area contributed by atoms with E-state index in [1.54, 1.807) is 0 Å². The largest absolute Gasteiger partial charge is 0.312 e. The van der Waals surface area contributed by atoms with Crippen molar-refractivity contribution in [3.05, 3.63) is 266 Å². The number of nitrogens with zero attached hydrogens (tertiary/aromatic N) is 1. The monoisotopic (exact) mass is 799 g/mol. The molecule has 6 aromatic carbocycles. The molecule has 9 rings (SSSR count). The summed E-state index contributed by atoms with van der Waals surface area (Å²) in [6.45, 7) is 0. The predicted octanol–water partition coefficient (Wildman–Crippen LogP) is 15.6. The highest BCUT2D eigenvalue weighted by molar-refractivity contribution is 8.04.